The van der Waals surface area contributed by atoms with E-state index in [2.05, 4.69) is 0 Å². The molecule has 4 N–H and O–H groups in total. The van der Waals surface area contributed by atoms with E-state index in [4.69, 9.17) is 14.8 Å². The average Bonchev–Trinajstić information content (AvgIpc) is 2.13. The first kappa shape index (κ1) is 15.1. The molecular weight excluding hydrogens is 282 g/mol. The highest BCUT2D eigenvalue weighted by molar-refractivity contribution is 7.89. The summed E-state index contributed by atoms with van der Waals surface area (Å²) in [4.78, 5) is -0.946. The quantitative estimate of drug-likeness (QED) is 0.636. The molecule has 7 nitrogen and oxygen atoms in total. The van der Waals surface area contributed by atoms with Gasteiger partial charge in [0.05, 0.1) is 4.90 Å². The summed E-state index contributed by atoms with van der Waals surface area (Å²) in [7, 11) is -8.74. The van der Waals surface area contributed by atoms with Crippen LogP contribution in [0.2, 0.25) is 0 Å². The van der Waals surface area contributed by atoms with Crippen molar-refractivity contribution in [2.24, 2.45) is 5.14 Å². The van der Waals surface area contributed by atoms with Crippen molar-refractivity contribution < 1.29 is 26.5 Å². The van der Waals surface area contributed by atoms with Gasteiger partial charge in [-0.05, 0) is 30.5 Å². The number of aliphatic hydroxyl groups is 1. The van der Waals surface area contributed by atoms with E-state index in [0.29, 0.717) is 0 Å². The summed E-state index contributed by atoms with van der Waals surface area (Å²) in [5.74, 6) is 0. The molecule has 0 fully saturated rings. The van der Waals surface area contributed by atoms with Gasteiger partial charge in [0.1, 0.15) is 4.90 Å². The third-order valence-corrected chi connectivity index (χ3v) is 4.42. The Labute approximate surface area is 105 Å². The predicted octanol–water partition coefficient (Wildman–Crippen LogP) is -0.576. The molecule has 1 aromatic carbocycles. The third-order valence-electron chi connectivity index (χ3n) is 2.34. The van der Waals surface area contributed by atoms with E-state index in [9.17, 15) is 16.8 Å². The van der Waals surface area contributed by atoms with Crippen LogP contribution in [-0.4, -0.2) is 33.1 Å². The molecule has 0 heterocycles. The van der Waals surface area contributed by atoms with Gasteiger partial charge in [0.2, 0.25) is 10.0 Å². The summed E-state index contributed by atoms with van der Waals surface area (Å²) in [5.41, 5.74) is -0.0316. The molecule has 0 aliphatic rings. The Balaban J connectivity index is 3.81. The molecule has 9 heteroatoms. The summed E-state index contributed by atoms with van der Waals surface area (Å²) in [6.07, 6.45) is -0.247. The Hall–Kier alpha value is -1.00. The van der Waals surface area contributed by atoms with Gasteiger partial charge in [0, 0.05) is 6.61 Å². The van der Waals surface area contributed by atoms with Gasteiger partial charge in [0.15, 0.2) is 0 Å². The number of rotatable bonds is 4. The van der Waals surface area contributed by atoms with Crippen LogP contribution in [0.5, 0.6) is 0 Å². The summed E-state index contributed by atoms with van der Waals surface area (Å²) in [6.45, 7) is 0.922. The van der Waals surface area contributed by atoms with Crippen LogP contribution in [0.25, 0.3) is 0 Å². The molecule has 0 saturated carbocycles. The van der Waals surface area contributed by atoms with Crippen molar-refractivity contribution in [1.82, 2.24) is 0 Å². The van der Waals surface area contributed by atoms with Crippen LogP contribution in [0.1, 0.15) is 11.1 Å². The molecular formula is C9H13NO6S2. The standard InChI is InChI=1S/C9H13NO6S2/c1-6-2-3-8(17(10,12)13)7(4-5-11)9(6)18(14,15)16/h2-3,11H,4-5H2,1H3,(H2,10,12,13)(H,14,15,16). The first-order chi connectivity index (χ1) is 8.09. The van der Waals surface area contributed by atoms with Gasteiger partial charge in [-0.2, -0.15) is 8.42 Å². The van der Waals surface area contributed by atoms with E-state index < -0.39 is 36.5 Å². The van der Waals surface area contributed by atoms with E-state index in [1.807, 2.05) is 0 Å². The monoisotopic (exact) mass is 295 g/mol. The van der Waals surface area contributed by atoms with Gasteiger partial charge in [0.25, 0.3) is 10.1 Å². The molecule has 0 radical (unpaired) electrons. The zero-order chi connectivity index (χ0) is 14.1. The van der Waals surface area contributed by atoms with Crippen molar-refractivity contribution in [2.45, 2.75) is 23.1 Å². The Kier molecular flexibility index (Phi) is 4.13. The zero-order valence-corrected chi connectivity index (χ0v) is 11.1. The molecule has 0 saturated heterocycles. The smallest absolute Gasteiger partial charge is 0.295 e. The second-order valence-electron chi connectivity index (χ2n) is 3.68. The number of primary sulfonamides is 1. The number of hydrogen-bond donors (Lipinski definition) is 3. The number of sulfonamides is 1. The molecule has 18 heavy (non-hydrogen) atoms. The summed E-state index contributed by atoms with van der Waals surface area (Å²) >= 11 is 0. The normalized spacial score (nSPS) is 12.7. The minimum Gasteiger partial charge on any atom is -0.396 e. The van der Waals surface area contributed by atoms with Gasteiger partial charge in [-0.25, -0.2) is 13.6 Å². The van der Waals surface area contributed by atoms with Crippen molar-refractivity contribution in [3.8, 4) is 0 Å². The number of aliphatic hydroxyl groups excluding tert-OH is 1. The van der Waals surface area contributed by atoms with Crippen LogP contribution < -0.4 is 5.14 Å². The maximum Gasteiger partial charge on any atom is 0.295 e. The van der Waals surface area contributed by atoms with Gasteiger partial charge >= 0.3 is 0 Å². The molecule has 1 rings (SSSR count). The molecule has 0 aliphatic heterocycles. The fourth-order valence-electron chi connectivity index (χ4n) is 1.70. The Bertz CT molecular complexity index is 663. The van der Waals surface area contributed by atoms with Crippen molar-refractivity contribution in [2.75, 3.05) is 6.61 Å². The largest absolute Gasteiger partial charge is 0.396 e. The highest BCUT2D eigenvalue weighted by Crippen LogP contribution is 2.26. The van der Waals surface area contributed by atoms with Gasteiger partial charge in [-0.15, -0.1) is 0 Å². The van der Waals surface area contributed by atoms with E-state index in [-0.39, 0.29) is 17.5 Å². The lowest BCUT2D eigenvalue weighted by atomic mass is 10.1. The van der Waals surface area contributed by atoms with E-state index in [0.717, 1.165) is 6.07 Å². The first-order valence-corrected chi connectivity index (χ1v) is 7.81. The van der Waals surface area contributed by atoms with Crippen LogP contribution in [-0.2, 0) is 26.6 Å². The topological polar surface area (TPSA) is 135 Å². The number of hydrogen-bond acceptors (Lipinski definition) is 5. The lowest BCUT2D eigenvalue weighted by Crippen LogP contribution is -2.18. The Morgan fingerprint density at radius 2 is 1.78 bits per heavy atom. The summed E-state index contributed by atoms with van der Waals surface area (Å²) in [5, 5.41) is 13.8. The minimum absolute atomic E-state index is 0.174. The lowest BCUT2D eigenvalue weighted by molar-refractivity contribution is 0.297. The molecule has 1 aromatic rings. The fourth-order valence-corrected chi connectivity index (χ4v) is 3.57. The molecule has 0 bridgehead atoms. The molecule has 0 unspecified atom stereocenters. The van der Waals surface area contributed by atoms with Gasteiger partial charge in [-0.1, -0.05) is 6.07 Å². The third kappa shape index (κ3) is 3.06. The highest BCUT2D eigenvalue weighted by Gasteiger charge is 2.25. The maximum absolute atomic E-state index is 11.3. The zero-order valence-electron chi connectivity index (χ0n) is 9.49. The number of nitrogens with two attached hydrogens (primary N) is 1. The fraction of sp³-hybridized carbons (Fsp3) is 0.333. The maximum atomic E-state index is 11.3. The van der Waals surface area contributed by atoms with Crippen LogP contribution in [0.4, 0.5) is 0 Å². The van der Waals surface area contributed by atoms with E-state index >= 15 is 0 Å². The van der Waals surface area contributed by atoms with Crippen LogP contribution >= 0.6 is 0 Å². The lowest BCUT2D eigenvalue weighted by Gasteiger charge is -2.13. The SMILES string of the molecule is Cc1ccc(S(N)(=O)=O)c(CCO)c1S(=O)(=O)O. The van der Waals surface area contributed by atoms with Crippen LogP contribution in [0, 0.1) is 6.92 Å². The predicted molar refractivity (Wildman–Crippen MR) is 63.2 cm³/mol. The molecule has 0 aromatic heterocycles. The molecule has 0 spiro atoms. The van der Waals surface area contributed by atoms with Gasteiger partial charge < -0.3 is 5.11 Å². The number of benzene rings is 1. The summed E-state index contributed by atoms with van der Waals surface area (Å²) < 4.78 is 54.3. The van der Waals surface area contributed by atoms with Crippen molar-refractivity contribution >= 4 is 20.1 Å². The van der Waals surface area contributed by atoms with Crippen molar-refractivity contribution in [3.63, 3.8) is 0 Å². The highest BCUT2D eigenvalue weighted by atomic mass is 32.2. The molecule has 0 amide bonds. The second-order valence-corrected chi connectivity index (χ2v) is 6.57. The molecule has 0 atom stereocenters. The van der Waals surface area contributed by atoms with Crippen LogP contribution in [0.3, 0.4) is 0 Å². The first-order valence-electron chi connectivity index (χ1n) is 4.82. The number of aryl methyl sites for hydroxylation is 1. The van der Waals surface area contributed by atoms with E-state index in [1.165, 1.54) is 13.0 Å². The van der Waals surface area contributed by atoms with Crippen molar-refractivity contribution in [3.05, 3.63) is 23.3 Å². The Morgan fingerprint density at radius 1 is 1.22 bits per heavy atom. The Morgan fingerprint density at radius 3 is 2.17 bits per heavy atom. The summed E-state index contributed by atoms with van der Waals surface area (Å²) in [6, 6.07) is 2.37. The minimum atomic E-state index is -4.60. The molecule has 0 aliphatic carbocycles. The average molecular weight is 295 g/mol. The molecule has 102 valence electrons. The van der Waals surface area contributed by atoms with E-state index in [1.54, 1.807) is 0 Å². The van der Waals surface area contributed by atoms with Gasteiger partial charge in [-0.3, -0.25) is 4.55 Å². The van der Waals surface area contributed by atoms with Crippen molar-refractivity contribution in [1.29, 1.82) is 0 Å². The van der Waals surface area contributed by atoms with Crippen LogP contribution in [0.15, 0.2) is 21.9 Å². The second kappa shape index (κ2) is 4.94.